The Hall–Kier alpha value is -2.21. The van der Waals surface area contributed by atoms with Crippen molar-refractivity contribution in [1.29, 1.82) is 0 Å². The van der Waals surface area contributed by atoms with Crippen LogP contribution in [0.3, 0.4) is 0 Å². The number of para-hydroxylation sites is 1. The van der Waals surface area contributed by atoms with Crippen LogP contribution in [-0.4, -0.2) is 42.3 Å². The molecule has 1 aliphatic heterocycles. The summed E-state index contributed by atoms with van der Waals surface area (Å²) in [7, 11) is 0. The minimum Gasteiger partial charge on any atom is -0.379 e. The van der Waals surface area contributed by atoms with Crippen molar-refractivity contribution in [2.75, 3.05) is 32.8 Å². The Labute approximate surface area is 158 Å². The van der Waals surface area contributed by atoms with Gasteiger partial charge in [0.25, 0.3) is 0 Å². The van der Waals surface area contributed by atoms with E-state index in [1.54, 1.807) is 11.3 Å². The first-order valence-corrected chi connectivity index (χ1v) is 9.92. The second kappa shape index (κ2) is 8.45. The van der Waals surface area contributed by atoms with Crippen molar-refractivity contribution < 1.29 is 4.74 Å². The zero-order chi connectivity index (χ0) is 17.6. The molecule has 1 fully saturated rings. The average Bonchev–Trinajstić information content (AvgIpc) is 3.11. The second-order valence-electron chi connectivity index (χ2n) is 6.32. The van der Waals surface area contributed by atoms with E-state index in [0.717, 1.165) is 49.9 Å². The fraction of sp³-hybridized carbons (Fsp3) is 0.286. The maximum absolute atomic E-state index is 5.47. The highest BCUT2D eigenvalue weighted by Gasteiger charge is 2.13. The molecule has 3 aromatic rings. The van der Waals surface area contributed by atoms with Crippen molar-refractivity contribution in [3.05, 3.63) is 70.8 Å². The highest BCUT2D eigenvalue weighted by atomic mass is 32.1. The third-order valence-electron chi connectivity index (χ3n) is 4.59. The van der Waals surface area contributed by atoms with Gasteiger partial charge < -0.3 is 9.30 Å². The first-order valence-electron chi connectivity index (χ1n) is 9.04. The van der Waals surface area contributed by atoms with Gasteiger partial charge in [0.2, 0.25) is 0 Å². The zero-order valence-corrected chi connectivity index (χ0v) is 15.6. The Morgan fingerprint density at radius 3 is 2.31 bits per heavy atom. The summed E-state index contributed by atoms with van der Waals surface area (Å²) in [5.74, 6) is 0. The van der Waals surface area contributed by atoms with Crippen LogP contribution in [0.1, 0.15) is 0 Å². The molecule has 1 aromatic heterocycles. The number of morpholine rings is 1. The molecule has 0 spiro atoms. The van der Waals surface area contributed by atoms with Gasteiger partial charge >= 0.3 is 0 Å². The average molecular weight is 366 g/mol. The van der Waals surface area contributed by atoms with Crippen LogP contribution in [0.25, 0.3) is 11.3 Å². The van der Waals surface area contributed by atoms with Gasteiger partial charge in [-0.15, -0.1) is 11.3 Å². The number of ether oxygens (including phenoxy) is 1. The molecule has 1 saturated heterocycles. The van der Waals surface area contributed by atoms with E-state index in [-0.39, 0.29) is 0 Å². The molecule has 4 nitrogen and oxygen atoms in total. The van der Waals surface area contributed by atoms with Gasteiger partial charge in [-0.2, -0.15) is 0 Å². The van der Waals surface area contributed by atoms with Crippen molar-refractivity contribution in [2.24, 2.45) is 4.99 Å². The highest BCUT2D eigenvalue weighted by molar-refractivity contribution is 7.07. The first-order chi connectivity index (χ1) is 12.9. The van der Waals surface area contributed by atoms with Crippen molar-refractivity contribution in [1.82, 2.24) is 9.47 Å². The van der Waals surface area contributed by atoms with Crippen LogP contribution >= 0.6 is 11.3 Å². The smallest absolute Gasteiger partial charge is 0.190 e. The van der Waals surface area contributed by atoms with E-state index in [1.165, 1.54) is 11.3 Å². The van der Waals surface area contributed by atoms with Gasteiger partial charge in [-0.1, -0.05) is 48.5 Å². The molecule has 0 unspecified atom stereocenters. The largest absolute Gasteiger partial charge is 0.379 e. The van der Waals surface area contributed by atoms with E-state index in [4.69, 9.17) is 9.73 Å². The van der Waals surface area contributed by atoms with E-state index in [1.807, 2.05) is 30.3 Å². The number of aromatic nitrogens is 1. The molecule has 0 aliphatic carbocycles. The number of rotatable bonds is 5. The van der Waals surface area contributed by atoms with E-state index in [0.29, 0.717) is 0 Å². The lowest BCUT2D eigenvalue weighted by Crippen LogP contribution is -2.39. The van der Waals surface area contributed by atoms with E-state index in [2.05, 4.69) is 45.2 Å². The lowest BCUT2D eigenvalue weighted by molar-refractivity contribution is 0.0363. The van der Waals surface area contributed by atoms with Gasteiger partial charge in [0.15, 0.2) is 4.80 Å². The van der Waals surface area contributed by atoms with Crippen molar-refractivity contribution in [3.63, 3.8) is 0 Å². The molecule has 0 bridgehead atoms. The van der Waals surface area contributed by atoms with Crippen LogP contribution in [0.2, 0.25) is 0 Å². The fourth-order valence-corrected chi connectivity index (χ4v) is 4.11. The second-order valence-corrected chi connectivity index (χ2v) is 7.16. The van der Waals surface area contributed by atoms with Crippen molar-refractivity contribution in [3.8, 4) is 11.3 Å². The molecular weight excluding hydrogens is 342 g/mol. The molecule has 0 N–H and O–H groups in total. The van der Waals surface area contributed by atoms with Crippen molar-refractivity contribution in [2.45, 2.75) is 6.54 Å². The summed E-state index contributed by atoms with van der Waals surface area (Å²) in [4.78, 5) is 8.40. The molecule has 0 atom stereocenters. The number of nitrogens with zero attached hydrogens (tertiary/aromatic N) is 3. The maximum atomic E-state index is 5.47. The predicted molar refractivity (Wildman–Crippen MR) is 107 cm³/mol. The van der Waals surface area contributed by atoms with Crippen LogP contribution in [0, 0.1) is 0 Å². The molecule has 2 aromatic carbocycles. The van der Waals surface area contributed by atoms with Crippen LogP contribution in [0.4, 0.5) is 5.69 Å². The standard InChI is InChI=1S/C21H23N3OS/c1-3-7-18(8-4-1)20-17-26-21(22-19-9-5-2-6-10-19)24(20)12-11-23-13-15-25-16-14-23/h1-10,17H,11-16H2. The maximum Gasteiger partial charge on any atom is 0.190 e. The topological polar surface area (TPSA) is 29.8 Å². The Balaban J connectivity index is 1.67. The van der Waals surface area contributed by atoms with Gasteiger partial charge in [-0.05, 0) is 17.7 Å². The van der Waals surface area contributed by atoms with Gasteiger partial charge in [0, 0.05) is 31.6 Å². The molecule has 0 saturated carbocycles. The number of benzene rings is 2. The normalized spacial score (nSPS) is 16.1. The molecule has 5 heteroatoms. The third-order valence-corrected chi connectivity index (χ3v) is 5.46. The van der Waals surface area contributed by atoms with Gasteiger partial charge in [-0.3, -0.25) is 4.90 Å². The molecule has 4 rings (SSSR count). The molecule has 2 heterocycles. The summed E-state index contributed by atoms with van der Waals surface area (Å²) in [6.45, 7) is 5.64. The SMILES string of the molecule is c1ccc(N=c2scc(-c3ccccc3)n2CCN2CCOCC2)cc1. The number of hydrogen-bond acceptors (Lipinski definition) is 4. The lowest BCUT2D eigenvalue weighted by Gasteiger charge is -2.26. The summed E-state index contributed by atoms with van der Waals surface area (Å²) in [6, 6.07) is 20.8. The highest BCUT2D eigenvalue weighted by Crippen LogP contribution is 2.20. The Morgan fingerprint density at radius 1 is 0.885 bits per heavy atom. The predicted octanol–water partition coefficient (Wildman–Crippen LogP) is 3.78. The van der Waals surface area contributed by atoms with E-state index in [9.17, 15) is 0 Å². The zero-order valence-electron chi connectivity index (χ0n) is 14.8. The molecule has 1 aliphatic rings. The van der Waals surface area contributed by atoms with Crippen LogP contribution < -0.4 is 4.80 Å². The molecule has 0 amide bonds. The van der Waals surface area contributed by atoms with Crippen LogP contribution in [0.15, 0.2) is 71.0 Å². The van der Waals surface area contributed by atoms with E-state index >= 15 is 0 Å². The molecule has 0 radical (unpaired) electrons. The fourth-order valence-electron chi connectivity index (χ4n) is 3.15. The molecular formula is C21H23N3OS. The van der Waals surface area contributed by atoms with Crippen LogP contribution in [-0.2, 0) is 11.3 Å². The minimum atomic E-state index is 0.834. The summed E-state index contributed by atoms with van der Waals surface area (Å²) < 4.78 is 7.82. The minimum absolute atomic E-state index is 0.834. The summed E-state index contributed by atoms with van der Waals surface area (Å²) in [6.07, 6.45) is 0. The van der Waals surface area contributed by atoms with E-state index < -0.39 is 0 Å². The number of hydrogen-bond donors (Lipinski definition) is 0. The van der Waals surface area contributed by atoms with Crippen molar-refractivity contribution >= 4 is 17.0 Å². The van der Waals surface area contributed by atoms with Crippen LogP contribution in [0.5, 0.6) is 0 Å². The van der Waals surface area contributed by atoms with Gasteiger partial charge in [0.05, 0.1) is 24.6 Å². The van der Waals surface area contributed by atoms with Gasteiger partial charge in [-0.25, -0.2) is 4.99 Å². The molecule has 134 valence electrons. The Morgan fingerprint density at radius 2 is 1.58 bits per heavy atom. The quantitative estimate of drug-likeness (QED) is 0.689. The summed E-state index contributed by atoms with van der Waals surface area (Å²) in [5.41, 5.74) is 3.47. The summed E-state index contributed by atoms with van der Waals surface area (Å²) in [5, 5.41) is 2.22. The van der Waals surface area contributed by atoms with Gasteiger partial charge in [0.1, 0.15) is 0 Å². The lowest BCUT2D eigenvalue weighted by atomic mass is 10.2. The number of thiazole rings is 1. The Bertz CT molecular complexity index is 880. The first kappa shape index (κ1) is 17.2. The third kappa shape index (κ3) is 4.12. The molecule has 26 heavy (non-hydrogen) atoms. The Kier molecular flexibility index (Phi) is 5.59. The monoisotopic (exact) mass is 365 g/mol. The summed E-state index contributed by atoms with van der Waals surface area (Å²) >= 11 is 1.71.